The van der Waals surface area contributed by atoms with Crippen LogP contribution in [0.5, 0.6) is 0 Å². The molecule has 31 heavy (non-hydrogen) atoms. The molecule has 158 valence electrons. The maximum Gasteiger partial charge on any atom is 0.416 e. The van der Waals surface area contributed by atoms with Gasteiger partial charge >= 0.3 is 6.09 Å². The van der Waals surface area contributed by atoms with Gasteiger partial charge in [0.2, 0.25) is 0 Å². The summed E-state index contributed by atoms with van der Waals surface area (Å²) in [6.07, 6.45) is 1.35. The average Bonchev–Trinajstić information content (AvgIpc) is 3.43. The van der Waals surface area contributed by atoms with Crippen molar-refractivity contribution in [1.29, 1.82) is 0 Å². The molecule has 0 aliphatic carbocycles. The summed E-state index contributed by atoms with van der Waals surface area (Å²) < 4.78 is 2.10. The predicted octanol–water partition coefficient (Wildman–Crippen LogP) is 4.38. The van der Waals surface area contributed by atoms with Crippen LogP contribution in [0, 0.1) is 6.92 Å². The first-order valence-corrected chi connectivity index (χ1v) is 10.7. The lowest BCUT2D eigenvalue weighted by Crippen LogP contribution is -2.34. The molecule has 4 heterocycles. The van der Waals surface area contributed by atoms with Crippen molar-refractivity contribution in [1.82, 2.24) is 14.5 Å². The van der Waals surface area contributed by atoms with Crippen molar-refractivity contribution >= 4 is 55.8 Å². The third-order valence-corrected chi connectivity index (χ3v) is 6.71. The fourth-order valence-corrected chi connectivity index (χ4v) is 5.15. The highest BCUT2D eigenvalue weighted by Crippen LogP contribution is 2.34. The van der Waals surface area contributed by atoms with Gasteiger partial charge in [0.05, 0.1) is 26.3 Å². The number of fused-ring (bicyclic) bond motifs is 2. The van der Waals surface area contributed by atoms with Crippen LogP contribution in [-0.4, -0.2) is 49.4 Å². The number of rotatable bonds is 3. The van der Waals surface area contributed by atoms with Crippen LogP contribution in [0.4, 0.5) is 16.2 Å². The van der Waals surface area contributed by atoms with E-state index < -0.39 is 12.3 Å². The molecule has 1 aliphatic rings. The molecule has 1 saturated heterocycles. The Morgan fingerprint density at radius 3 is 2.81 bits per heavy atom. The lowest BCUT2D eigenvalue weighted by atomic mass is 10.2. The number of benzene rings is 1. The maximum atomic E-state index is 12.8. The van der Waals surface area contributed by atoms with E-state index in [-0.39, 0.29) is 5.91 Å². The zero-order valence-electron chi connectivity index (χ0n) is 16.7. The minimum Gasteiger partial charge on any atom is -0.464 e. The highest BCUT2D eigenvalue weighted by Gasteiger charge is 2.29. The van der Waals surface area contributed by atoms with Crippen LogP contribution in [0.15, 0.2) is 42.6 Å². The zero-order chi connectivity index (χ0) is 21.7. The number of anilines is 2. The van der Waals surface area contributed by atoms with E-state index in [1.165, 1.54) is 20.8 Å². The number of aliphatic hydroxyl groups excluding tert-OH is 1. The Morgan fingerprint density at radius 1 is 1.23 bits per heavy atom. The Morgan fingerprint density at radius 2 is 2.06 bits per heavy atom. The Labute approximate surface area is 181 Å². The van der Waals surface area contributed by atoms with Crippen LogP contribution in [0.2, 0.25) is 0 Å². The summed E-state index contributed by atoms with van der Waals surface area (Å²) in [6, 6.07) is 10.9. The van der Waals surface area contributed by atoms with Crippen molar-refractivity contribution in [2.24, 2.45) is 0 Å². The molecule has 1 aromatic carbocycles. The predicted molar refractivity (Wildman–Crippen MR) is 119 cm³/mol. The number of thiophene rings is 1. The number of nitrogens with one attached hydrogen (secondary N) is 1. The summed E-state index contributed by atoms with van der Waals surface area (Å²) in [5.74, 6) is -0.175. The van der Waals surface area contributed by atoms with Gasteiger partial charge in [0.15, 0.2) is 0 Å². The number of nitrogens with zero attached hydrogens (tertiary/aromatic N) is 3. The number of aliphatic hydroxyl groups is 1. The fraction of sp³-hybridized carbons (Fsp3) is 0.227. The second kappa shape index (κ2) is 7.36. The van der Waals surface area contributed by atoms with Crippen LogP contribution in [-0.2, 0) is 0 Å². The molecule has 0 radical (unpaired) electrons. The number of aromatic nitrogens is 2. The van der Waals surface area contributed by atoms with Crippen molar-refractivity contribution < 1.29 is 19.8 Å². The second-order valence-electron chi connectivity index (χ2n) is 7.61. The van der Waals surface area contributed by atoms with E-state index in [1.54, 1.807) is 25.3 Å². The summed E-state index contributed by atoms with van der Waals surface area (Å²) in [5.41, 5.74) is 3.60. The Kier molecular flexibility index (Phi) is 4.64. The van der Waals surface area contributed by atoms with Crippen LogP contribution in [0.3, 0.4) is 0 Å². The number of pyridine rings is 1. The lowest BCUT2D eigenvalue weighted by Gasteiger charge is -2.18. The highest BCUT2D eigenvalue weighted by atomic mass is 32.1. The monoisotopic (exact) mass is 436 g/mol. The van der Waals surface area contributed by atoms with Crippen molar-refractivity contribution in [3.63, 3.8) is 0 Å². The van der Waals surface area contributed by atoms with Crippen LogP contribution >= 0.6 is 11.3 Å². The van der Waals surface area contributed by atoms with Gasteiger partial charge in [-0.15, -0.1) is 11.3 Å². The van der Waals surface area contributed by atoms with Crippen molar-refractivity contribution in [3.05, 3.63) is 53.2 Å². The summed E-state index contributed by atoms with van der Waals surface area (Å²) in [5, 5.41) is 23.6. The first-order chi connectivity index (χ1) is 14.9. The quantitative estimate of drug-likeness (QED) is 0.440. The van der Waals surface area contributed by atoms with Gasteiger partial charge in [-0.05, 0) is 56.2 Å². The molecule has 1 atom stereocenters. The largest absolute Gasteiger partial charge is 0.464 e. The SMILES string of the molecule is Cc1cc2cc(Nc3ccnc4cc(C(=O)N5CCCC5O)sc34)ccc2n1C(=O)O. The molecular weight excluding hydrogens is 416 g/mol. The number of carbonyl (C=O) groups excluding carboxylic acids is 1. The Bertz CT molecular complexity index is 1340. The molecule has 0 saturated carbocycles. The summed E-state index contributed by atoms with van der Waals surface area (Å²) in [7, 11) is 0. The normalized spacial score (nSPS) is 16.3. The van der Waals surface area contributed by atoms with E-state index in [0.29, 0.717) is 34.6 Å². The van der Waals surface area contributed by atoms with Crippen LogP contribution in [0.1, 0.15) is 28.2 Å². The van der Waals surface area contributed by atoms with Gasteiger partial charge < -0.3 is 20.4 Å². The highest BCUT2D eigenvalue weighted by molar-refractivity contribution is 7.21. The molecule has 9 heteroatoms. The molecule has 1 aliphatic heterocycles. The third-order valence-electron chi connectivity index (χ3n) is 5.56. The van der Waals surface area contributed by atoms with Gasteiger partial charge in [-0.3, -0.25) is 14.3 Å². The smallest absolute Gasteiger partial charge is 0.416 e. The molecule has 1 amide bonds. The Hall–Kier alpha value is -3.43. The minimum absolute atomic E-state index is 0.175. The molecule has 0 spiro atoms. The number of aryl methyl sites for hydroxylation is 1. The minimum atomic E-state index is -1.01. The summed E-state index contributed by atoms with van der Waals surface area (Å²) in [4.78, 5) is 30.7. The van der Waals surface area contributed by atoms with Gasteiger partial charge in [0.25, 0.3) is 5.91 Å². The van der Waals surface area contributed by atoms with Gasteiger partial charge in [-0.1, -0.05) is 0 Å². The summed E-state index contributed by atoms with van der Waals surface area (Å²) in [6.45, 7) is 2.32. The van der Waals surface area contributed by atoms with Crippen molar-refractivity contribution in [2.75, 3.05) is 11.9 Å². The molecule has 4 aromatic rings. The van der Waals surface area contributed by atoms with Gasteiger partial charge in [0, 0.05) is 29.5 Å². The number of likely N-dealkylation sites (tertiary alicyclic amines) is 1. The van der Waals surface area contributed by atoms with Crippen LogP contribution < -0.4 is 5.32 Å². The number of carbonyl (C=O) groups is 2. The molecular formula is C22H20N4O4S. The van der Waals surface area contributed by atoms with Crippen LogP contribution in [0.25, 0.3) is 21.1 Å². The lowest BCUT2D eigenvalue weighted by molar-refractivity contribution is 0.0297. The van der Waals surface area contributed by atoms with Gasteiger partial charge in [-0.25, -0.2) is 4.79 Å². The number of hydrogen-bond acceptors (Lipinski definition) is 6. The topological polar surface area (TPSA) is 108 Å². The third kappa shape index (κ3) is 3.31. The molecule has 1 unspecified atom stereocenters. The number of hydrogen-bond donors (Lipinski definition) is 3. The van der Waals surface area contributed by atoms with Gasteiger partial charge in [0.1, 0.15) is 6.23 Å². The van der Waals surface area contributed by atoms with E-state index in [2.05, 4.69) is 10.3 Å². The number of carboxylic acid groups (broad SMARTS) is 1. The fourth-order valence-electron chi connectivity index (χ4n) is 4.11. The van der Waals surface area contributed by atoms with Crippen molar-refractivity contribution in [2.45, 2.75) is 26.0 Å². The molecule has 3 N–H and O–H groups in total. The molecule has 3 aromatic heterocycles. The van der Waals surface area contributed by atoms with Gasteiger partial charge in [-0.2, -0.15) is 0 Å². The first-order valence-electron chi connectivity index (χ1n) is 9.92. The first kappa shape index (κ1) is 19.5. The number of amides is 1. The van der Waals surface area contributed by atoms with Crippen molar-refractivity contribution in [3.8, 4) is 0 Å². The van der Waals surface area contributed by atoms with E-state index in [4.69, 9.17) is 0 Å². The second-order valence-corrected chi connectivity index (χ2v) is 8.66. The van der Waals surface area contributed by atoms with E-state index >= 15 is 0 Å². The average molecular weight is 436 g/mol. The Balaban J connectivity index is 1.49. The van der Waals surface area contributed by atoms with E-state index in [0.717, 1.165) is 27.9 Å². The summed E-state index contributed by atoms with van der Waals surface area (Å²) >= 11 is 1.35. The molecule has 1 fully saturated rings. The molecule has 0 bridgehead atoms. The van der Waals surface area contributed by atoms with E-state index in [1.807, 2.05) is 24.3 Å². The zero-order valence-corrected chi connectivity index (χ0v) is 17.5. The van der Waals surface area contributed by atoms with E-state index in [9.17, 15) is 19.8 Å². The molecule has 8 nitrogen and oxygen atoms in total. The standard InChI is InChI=1S/C22H20N4O4S/c1-12-9-13-10-14(4-5-17(13)26(12)22(29)30)24-15-6-7-23-16-11-18(31-20(15)16)21(28)25-8-2-3-19(25)27/h4-7,9-11,19,27H,2-3,8H2,1H3,(H,23,24)(H,29,30). The molecule has 5 rings (SSSR count). The maximum absolute atomic E-state index is 12.8.